The van der Waals surface area contributed by atoms with E-state index in [0.717, 1.165) is 19.3 Å². The second-order valence-electron chi connectivity index (χ2n) is 6.67. The quantitative estimate of drug-likeness (QED) is 0.686. The zero-order chi connectivity index (χ0) is 14.3. The maximum Gasteiger partial charge on any atom is 0.411 e. The highest BCUT2D eigenvalue weighted by molar-refractivity contribution is 5.82. The molecule has 0 aromatic carbocycles. The molecule has 1 atom stereocenters. The van der Waals surface area contributed by atoms with E-state index in [4.69, 9.17) is 9.47 Å². The van der Waals surface area contributed by atoms with E-state index in [9.17, 15) is 9.59 Å². The van der Waals surface area contributed by atoms with E-state index in [1.807, 2.05) is 20.8 Å². The van der Waals surface area contributed by atoms with Crippen molar-refractivity contribution in [3.05, 3.63) is 0 Å². The average molecular weight is 269 g/mol. The second kappa shape index (κ2) is 4.69. The Balaban J connectivity index is 2.08. The summed E-state index contributed by atoms with van der Waals surface area (Å²) in [6.45, 7) is 6.05. The molecule has 1 spiro atoms. The molecular weight excluding hydrogens is 246 g/mol. The number of nitrogens with zero attached hydrogens (tertiary/aromatic N) is 1. The molecule has 0 N–H and O–H groups in total. The third kappa shape index (κ3) is 3.19. The Morgan fingerprint density at radius 2 is 1.84 bits per heavy atom. The molecule has 1 saturated heterocycles. The summed E-state index contributed by atoms with van der Waals surface area (Å²) in [5.74, 6) is -0.336. The fourth-order valence-electron chi connectivity index (χ4n) is 2.65. The lowest BCUT2D eigenvalue weighted by Crippen LogP contribution is -2.52. The molecular formula is C14H23NO4. The molecule has 1 aliphatic carbocycles. The molecule has 0 bridgehead atoms. The summed E-state index contributed by atoms with van der Waals surface area (Å²) < 4.78 is 10.2. The molecule has 5 nitrogen and oxygen atoms in total. The molecule has 2 aliphatic rings. The molecule has 1 heterocycles. The molecule has 0 radical (unpaired) electrons. The topological polar surface area (TPSA) is 55.8 Å². The van der Waals surface area contributed by atoms with Crippen molar-refractivity contribution in [3.8, 4) is 0 Å². The van der Waals surface area contributed by atoms with Crippen LogP contribution in [0, 0.1) is 5.41 Å². The smallest absolute Gasteiger partial charge is 0.411 e. The molecule has 1 saturated carbocycles. The number of amides is 1. The number of hydrogen-bond donors (Lipinski definition) is 0. The van der Waals surface area contributed by atoms with E-state index in [-0.39, 0.29) is 11.4 Å². The van der Waals surface area contributed by atoms with Crippen LogP contribution >= 0.6 is 0 Å². The summed E-state index contributed by atoms with van der Waals surface area (Å²) in [6.07, 6.45) is 3.56. The number of methoxy groups -OCH3 is 1. The van der Waals surface area contributed by atoms with Gasteiger partial charge in [-0.3, -0.25) is 4.90 Å². The zero-order valence-electron chi connectivity index (χ0n) is 12.2. The van der Waals surface area contributed by atoms with Crippen LogP contribution in [0.1, 0.15) is 46.5 Å². The number of carbonyl (C=O) groups excluding carboxylic acids is 2. The number of rotatable bonds is 1. The van der Waals surface area contributed by atoms with Crippen molar-refractivity contribution in [2.24, 2.45) is 5.41 Å². The van der Waals surface area contributed by atoms with Gasteiger partial charge in [0.05, 0.1) is 7.11 Å². The minimum atomic E-state index is -0.549. The highest BCUT2D eigenvalue weighted by atomic mass is 16.6. The normalized spacial score (nSPS) is 25.1. The zero-order valence-corrected chi connectivity index (χ0v) is 12.2. The lowest BCUT2D eigenvalue weighted by atomic mass is 9.88. The van der Waals surface area contributed by atoms with E-state index < -0.39 is 17.7 Å². The molecule has 1 amide bonds. The van der Waals surface area contributed by atoms with E-state index in [0.29, 0.717) is 13.0 Å². The maximum atomic E-state index is 12.2. The van der Waals surface area contributed by atoms with Gasteiger partial charge in [-0.25, -0.2) is 9.59 Å². The van der Waals surface area contributed by atoms with Gasteiger partial charge < -0.3 is 9.47 Å². The van der Waals surface area contributed by atoms with Crippen molar-refractivity contribution in [2.45, 2.75) is 58.1 Å². The van der Waals surface area contributed by atoms with E-state index >= 15 is 0 Å². The molecule has 108 valence electrons. The summed E-state index contributed by atoms with van der Waals surface area (Å²) in [6, 6.07) is -0.490. The molecule has 2 fully saturated rings. The standard InChI is InChI=1S/C14H23NO4/c1-13(2,3)19-12(17)15-8-7-14(5-6-14)9-10(15)11(16)18-4/h10H,5-9H2,1-4H3. The Bertz CT molecular complexity index is 381. The van der Waals surface area contributed by atoms with Gasteiger partial charge in [0.1, 0.15) is 11.6 Å². The fourth-order valence-corrected chi connectivity index (χ4v) is 2.65. The largest absolute Gasteiger partial charge is 0.467 e. The molecule has 0 aromatic rings. The van der Waals surface area contributed by atoms with Gasteiger partial charge in [-0.15, -0.1) is 0 Å². The Morgan fingerprint density at radius 3 is 2.32 bits per heavy atom. The molecule has 0 aromatic heterocycles. The minimum Gasteiger partial charge on any atom is -0.467 e. The molecule has 1 unspecified atom stereocenters. The number of hydrogen-bond acceptors (Lipinski definition) is 4. The Labute approximate surface area is 114 Å². The van der Waals surface area contributed by atoms with Gasteiger partial charge in [0.15, 0.2) is 0 Å². The van der Waals surface area contributed by atoms with Crippen LogP contribution in [0.25, 0.3) is 0 Å². The van der Waals surface area contributed by atoms with Gasteiger partial charge in [-0.1, -0.05) is 0 Å². The Kier molecular flexibility index (Phi) is 3.49. The first-order valence-electron chi connectivity index (χ1n) is 6.84. The maximum absolute atomic E-state index is 12.2. The minimum absolute atomic E-state index is 0.275. The third-order valence-electron chi connectivity index (χ3n) is 3.94. The lowest BCUT2D eigenvalue weighted by Gasteiger charge is -2.38. The van der Waals surface area contributed by atoms with Gasteiger partial charge in [0, 0.05) is 6.54 Å². The predicted octanol–water partition coefficient (Wildman–Crippen LogP) is 2.34. The summed E-state index contributed by atoms with van der Waals surface area (Å²) >= 11 is 0. The van der Waals surface area contributed by atoms with Crippen LogP contribution < -0.4 is 0 Å². The number of carbonyl (C=O) groups is 2. The van der Waals surface area contributed by atoms with Crippen LogP contribution in [0.15, 0.2) is 0 Å². The molecule has 5 heteroatoms. The Hall–Kier alpha value is -1.26. The monoisotopic (exact) mass is 269 g/mol. The summed E-state index contributed by atoms with van der Waals surface area (Å²) in [5, 5.41) is 0. The van der Waals surface area contributed by atoms with E-state index in [1.54, 1.807) is 0 Å². The highest BCUT2D eigenvalue weighted by Gasteiger charge is 2.51. The van der Waals surface area contributed by atoms with Gasteiger partial charge in [0.25, 0.3) is 0 Å². The van der Waals surface area contributed by atoms with Crippen LogP contribution in [0.5, 0.6) is 0 Å². The third-order valence-corrected chi connectivity index (χ3v) is 3.94. The van der Waals surface area contributed by atoms with Crippen molar-refractivity contribution < 1.29 is 19.1 Å². The molecule has 19 heavy (non-hydrogen) atoms. The predicted molar refractivity (Wildman–Crippen MR) is 69.6 cm³/mol. The number of likely N-dealkylation sites (tertiary alicyclic amines) is 1. The Morgan fingerprint density at radius 1 is 1.21 bits per heavy atom. The summed E-state index contributed by atoms with van der Waals surface area (Å²) in [7, 11) is 1.36. The van der Waals surface area contributed by atoms with Crippen molar-refractivity contribution >= 4 is 12.1 Å². The van der Waals surface area contributed by atoms with E-state index in [2.05, 4.69) is 0 Å². The average Bonchev–Trinajstić information content (AvgIpc) is 3.05. The molecule has 2 rings (SSSR count). The number of piperidine rings is 1. The van der Waals surface area contributed by atoms with Gasteiger partial charge in [0.2, 0.25) is 0 Å². The first-order chi connectivity index (χ1) is 8.76. The SMILES string of the molecule is COC(=O)C1CC2(CCN1C(=O)OC(C)(C)C)CC2. The van der Waals surface area contributed by atoms with Crippen LogP contribution in [0.4, 0.5) is 4.79 Å². The van der Waals surface area contributed by atoms with Crippen LogP contribution in [-0.2, 0) is 14.3 Å². The van der Waals surface area contributed by atoms with Crippen LogP contribution in [0.2, 0.25) is 0 Å². The van der Waals surface area contributed by atoms with Crippen molar-refractivity contribution in [3.63, 3.8) is 0 Å². The summed E-state index contributed by atoms with van der Waals surface area (Å²) in [5.41, 5.74) is -0.274. The highest BCUT2D eigenvalue weighted by Crippen LogP contribution is 2.55. The van der Waals surface area contributed by atoms with Crippen molar-refractivity contribution in [2.75, 3.05) is 13.7 Å². The van der Waals surface area contributed by atoms with Gasteiger partial charge in [-0.05, 0) is 51.9 Å². The van der Waals surface area contributed by atoms with Crippen molar-refractivity contribution in [1.82, 2.24) is 4.90 Å². The van der Waals surface area contributed by atoms with Gasteiger partial charge >= 0.3 is 12.1 Å². The summed E-state index contributed by atoms with van der Waals surface area (Å²) in [4.78, 5) is 25.6. The lowest BCUT2D eigenvalue weighted by molar-refractivity contribution is -0.149. The first kappa shape index (κ1) is 14.2. The number of ether oxygens (including phenoxy) is 2. The second-order valence-corrected chi connectivity index (χ2v) is 6.67. The number of esters is 1. The molecule has 1 aliphatic heterocycles. The van der Waals surface area contributed by atoms with Crippen molar-refractivity contribution in [1.29, 1.82) is 0 Å². The fraction of sp³-hybridized carbons (Fsp3) is 0.857. The van der Waals surface area contributed by atoms with Crippen LogP contribution in [0.3, 0.4) is 0 Å². The van der Waals surface area contributed by atoms with E-state index in [1.165, 1.54) is 12.0 Å². The van der Waals surface area contributed by atoms with Gasteiger partial charge in [-0.2, -0.15) is 0 Å². The first-order valence-corrected chi connectivity index (χ1v) is 6.84. The van der Waals surface area contributed by atoms with Crippen LogP contribution in [-0.4, -0.2) is 42.3 Å².